The summed E-state index contributed by atoms with van der Waals surface area (Å²) in [6.07, 6.45) is 1.39. The molecule has 0 bridgehead atoms. The van der Waals surface area contributed by atoms with Crippen molar-refractivity contribution in [2.75, 3.05) is 13.3 Å². The first-order valence-corrected chi connectivity index (χ1v) is 3.54. The van der Waals surface area contributed by atoms with E-state index < -0.39 is 0 Å². The number of aldehydes is 1. The van der Waals surface area contributed by atoms with Crippen LogP contribution in [0, 0.1) is 0 Å². The smallest absolute Gasteiger partial charge is 0.122 e. The van der Waals surface area contributed by atoms with E-state index in [4.69, 9.17) is 4.52 Å². The van der Waals surface area contributed by atoms with Crippen molar-refractivity contribution in [2.24, 2.45) is 0 Å². The fourth-order valence-corrected chi connectivity index (χ4v) is 0.531. The van der Waals surface area contributed by atoms with Gasteiger partial charge in [-0.2, -0.15) is 0 Å². The van der Waals surface area contributed by atoms with Gasteiger partial charge < -0.3 is 9.32 Å². The molecular weight excluding hydrogens is 111 g/mol. The van der Waals surface area contributed by atoms with Gasteiger partial charge in [-0.05, 0) is 6.66 Å². The van der Waals surface area contributed by atoms with E-state index in [0.29, 0.717) is 21.8 Å². The molecular formula is C4H9O2P. The molecule has 0 spiro atoms. The Kier molecular flexibility index (Phi) is 6.11. The molecule has 0 fully saturated rings. The lowest BCUT2D eigenvalue weighted by Gasteiger charge is -1.90. The van der Waals surface area contributed by atoms with E-state index >= 15 is 0 Å². The van der Waals surface area contributed by atoms with Crippen LogP contribution < -0.4 is 0 Å². The van der Waals surface area contributed by atoms with Crippen LogP contribution in [0.2, 0.25) is 0 Å². The van der Waals surface area contributed by atoms with Crippen LogP contribution in [0.4, 0.5) is 0 Å². The standard InChI is InChI=1S/C4H9O2P/c1-7-6-4-2-3-5/h3,7H,2,4H2,1H3. The van der Waals surface area contributed by atoms with Gasteiger partial charge in [-0.15, -0.1) is 0 Å². The van der Waals surface area contributed by atoms with Crippen LogP contribution >= 0.6 is 8.81 Å². The second-order valence-corrected chi connectivity index (χ2v) is 1.70. The van der Waals surface area contributed by atoms with Gasteiger partial charge in [0.05, 0.1) is 6.61 Å². The Morgan fingerprint density at radius 2 is 2.57 bits per heavy atom. The van der Waals surface area contributed by atoms with Crippen LogP contribution in [-0.2, 0) is 9.32 Å². The van der Waals surface area contributed by atoms with Crippen molar-refractivity contribution in [3.63, 3.8) is 0 Å². The molecule has 2 nitrogen and oxygen atoms in total. The van der Waals surface area contributed by atoms with Gasteiger partial charge in [-0.25, -0.2) is 0 Å². The van der Waals surface area contributed by atoms with Crippen LogP contribution in [0.15, 0.2) is 0 Å². The van der Waals surface area contributed by atoms with E-state index in [9.17, 15) is 4.79 Å². The summed E-state index contributed by atoms with van der Waals surface area (Å²) in [4.78, 5) is 9.60. The van der Waals surface area contributed by atoms with Crippen LogP contribution in [0.3, 0.4) is 0 Å². The van der Waals surface area contributed by atoms with E-state index in [1.54, 1.807) is 0 Å². The first-order chi connectivity index (χ1) is 3.41. The van der Waals surface area contributed by atoms with Crippen LogP contribution in [-0.4, -0.2) is 19.6 Å². The Morgan fingerprint density at radius 3 is 3.00 bits per heavy atom. The third kappa shape index (κ3) is 6.06. The number of carbonyl (C=O) groups is 1. The van der Waals surface area contributed by atoms with Crippen LogP contribution in [0.5, 0.6) is 0 Å². The maximum Gasteiger partial charge on any atom is 0.122 e. The number of rotatable bonds is 4. The molecule has 3 heteroatoms. The van der Waals surface area contributed by atoms with Gasteiger partial charge in [0.25, 0.3) is 0 Å². The molecule has 0 amide bonds. The Hall–Kier alpha value is 0.0600. The minimum absolute atomic E-state index is 0.509. The third-order valence-electron chi connectivity index (χ3n) is 0.482. The summed E-state index contributed by atoms with van der Waals surface area (Å²) in [5.74, 6) is 0. The molecule has 0 saturated heterocycles. The molecule has 0 aliphatic heterocycles. The molecule has 0 aromatic rings. The summed E-state index contributed by atoms with van der Waals surface area (Å²) in [6, 6.07) is 0. The zero-order valence-corrected chi connectivity index (χ0v) is 5.31. The highest BCUT2D eigenvalue weighted by molar-refractivity contribution is 7.31. The van der Waals surface area contributed by atoms with Gasteiger partial charge >= 0.3 is 0 Å². The molecule has 0 aliphatic rings. The topological polar surface area (TPSA) is 26.3 Å². The molecule has 0 radical (unpaired) electrons. The molecule has 0 aliphatic carbocycles. The van der Waals surface area contributed by atoms with Crippen LogP contribution in [0.1, 0.15) is 6.42 Å². The van der Waals surface area contributed by atoms with E-state index in [0.717, 1.165) is 6.29 Å². The Balaban J connectivity index is 2.56. The molecule has 1 atom stereocenters. The molecule has 0 rings (SSSR count). The Bertz CT molecular complexity index is 47.0. The lowest BCUT2D eigenvalue weighted by Crippen LogP contribution is -1.83. The molecule has 1 unspecified atom stereocenters. The predicted molar refractivity (Wildman–Crippen MR) is 30.9 cm³/mol. The average molecular weight is 120 g/mol. The first-order valence-electron chi connectivity index (χ1n) is 2.14. The lowest BCUT2D eigenvalue weighted by molar-refractivity contribution is -0.108. The maximum absolute atomic E-state index is 9.60. The van der Waals surface area contributed by atoms with Gasteiger partial charge in [0.1, 0.15) is 6.29 Å². The highest BCUT2D eigenvalue weighted by Gasteiger charge is 1.78. The summed E-state index contributed by atoms with van der Waals surface area (Å²) in [5.41, 5.74) is 0. The number of hydrogen-bond acceptors (Lipinski definition) is 2. The summed E-state index contributed by atoms with van der Waals surface area (Å²) in [6.45, 7) is 2.52. The molecule has 0 saturated carbocycles. The van der Waals surface area contributed by atoms with E-state index in [1.165, 1.54) is 0 Å². The fraction of sp³-hybridized carbons (Fsp3) is 0.750. The lowest BCUT2D eigenvalue weighted by atomic mass is 10.5. The summed E-state index contributed by atoms with van der Waals surface area (Å²) < 4.78 is 4.87. The molecule has 0 aromatic carbocycles. The van der Waals surface area contributed by atoms with Crippen molar-refractivity contribution < 1.29 is 9.32 Å². The number of carbonyl (C=O) groups excluding carboxylic acids is 1. The van der Waals surface area contributed by atoms with Crippen LogP contribution in [0.25, 0.3) is 0 Å². The zero-order valence-electron chi connectivity index (χ0n) is 4.31. The van der Waals surface area contributed by atoms with Gasteiger partial charge in [0, 0.05) is 15.2 Å². The Labute approximate surface area is 45.1 Å². The Morgan fingerprint density at radius 1 is 1.86 bits per heavy atom. The number of hydrogen-bond donors (Lipinski definition) is 0. The third-order valence-corrected chi connectivity index (χ3v) is 0.975. The van der Waals surface area contributed by atoms with Crippen molar-refractivity contribution in [1.29, 1.82) is 0 Å². The van der Waals surface area contributed by atoms with E-state index in [1.807, 2.05) is 6.66 Å². The molecule has 42 valence electrons. The SMILES string of the molecule is CPOCCC=O. The predicted octanol–water partition coefficient (Wildman–Crippen LogP) is 0.815. The van der Waals surface area contributed by atoms with Crippen molar-refractivity contribution in [3.05, 3.63) is 0 Å². The zero-order chi connectivity index (χ0) is 5.54. The first kappa shape index (κ1) is 7.06. The minimum atomic E-state index is 0.509. The van der Waals surface area contributed by atoms with Gasteiger partial charge in [-0.1, -0.05) is 0 Å². The molecule has 0 N–H and O–H groups in total. The summed E-state index contributed by atoms with van der Waals surface area (Å²) >= 11 is 0. The molecule has 0 heterocycles. The van der Waals surface area contributed by atoms with Crippen molar-refractivity contribution in [1.82, 2.24) is 0 Å². The minimum Gasteiger partial charge on any atom is -0.362 e. The molecule has 0 aromatic heterocycles. The molecule has 7 heavy (non-hydrogen) atoms. The van der Waals surface area contributed by atoms with Crippen molar-refractivity contribution >= 4 is 15.1 Å². The summed E-state index contributed by atoms with van der Waals surface area (Å²) in [5, 5.41) is 0. The fourth-order valence-electron chi connectivity index (χ4n) is 0.209. The normalized spacial score (nSPS) is 10.4. The highest BCUT2D eigenvalue weighted by Crippen LogP contribution is 2.02. The van der Waals surface area contributed by atoms with Gasteiger partial charge in [0.2, 0.25) is 0 Å². The monoisotopic (exact) mass is 120 g/mol. The van der Waals surface area contributed by atoms with Crippen molar-refractivity contribution in [3.8, 4) is 0 Å². The highest BCUT2D eigenvalue weighted by atomic mass is 31.1. The average Bonchev–Trinajstić information content (AvgIpc) is 1.69. The second-order valence-electron chi connectivity index (χ2n) is 1.01. The van der Waals surface area contributed by atoms with E-state index in [2.05, 4.69) is 0 Å². The van der Waals surface area contributed by atoms with Crippen molar-refractivity contribution in [2.45, 2.75) is 6.42 Å². The second kappa shape index (κ2) is 6.06. The van der Waals surface area contributed by atoms with Gasteiger partial charge in [0.15, 0.2) is 0 Å². The summed E-state index contributed by atoms with van der Waals surface area (Å²) in [7, 11) is 0.509. The maximum atomic E-state index is 9.60. The van der Waals surface area contributed by atoms with E-state index in [-0.39, 0.29) is 0 Å². The largest absolute Gasteiger partial charge is 0.362 e. The quantitative estimate of drug-likeness (QED) is 0.312. The van der Waals surface area contributed by atoms with Gasteiger partial charge in [-0.3, -0.25) is 0 Å².